The molecular weight excluding hydrogens is 356 g/mol. The Hall–Kier alpha value is -2.50. The molecule has 0 saturated carbocycles. The van der Waals surface area contributed by atoms with Crippen LogP contribution in [-0.4, -0.2) is 35.6 Å². The first-order chi connectivity index (χ1) is 13.2. The molecule has 2 heterocycles. The van der Waals surface area contributed by atoms with Gasteiger partial charge in [0.25, 0.3) is 0 Å². The fourth-order valence-corrected chi connectivity index (χ4v) is 3.65. The molecule has 3 rings (SSSR count). The Balaban J connectivity index is 1.57. The lowest BCUT2D eigenvalue weighted by atomic mass is 9.95. The van der Waals surface area contributed by atoms with Gasteiger partial charge in [-0.25, -0.2) is 4.79 Å². The molecule has 152 valence electrons. The van der Waals surface area contributed by atoms with Gasteiger partial charge < -0.3 is 19.4 Å². The number of fused-ring (bicyclic) bond motifs is 1. The zero-order valence-corrected chi connectivity index (χ0v) is 17.4. The predicted molar refractivity (Wildman–Crippen MR) is 108 cm³/mol. The lowest BCUT2D eigenvalue weighted by Crippen LogP contribution is -2.45. The smallest absolute Gasteiger partial charge is 0.410 e. The summed E-state index contributed by atoms with van der Waals surface area (Å²) in [6.45, 7) is 10.6. The Kier molecular flexibility index (Phi) is 5.68. The third kappa shape index (κ3) is 4.49. The Bertz CT molecular complexity index is 857. The number of carbonyl (C=O) groups excluding carboxylic acids is 2. The summed E-state index contributed by atoms with van der Waals surface area (Å²) in [6.07, 6.45) is 0.964. The molecule has 0 bridgehead atoms. The highest BCUT2D eigenvalue weighted by molar-refractivity contribution is 5.83. The Morgan fingerprint density at radius 2 is 1.86 bits per heavy atom. The van der Waals surface area contributed by atoms with Crippen molar-refractivity contribution in [2.24, 2.45) is 5.92 Å². The van der Waals surface area contributed by atoms with E-state index >= 15 is 0 Å². The van der Waals surface area contributed by atoms with Gasteiger partial charge in [-0.15, -0.1) is 0 Å². The molecule has 28 heavy (non-hydrogen) atoms. The maximum absolute atomic E-state index is 12.7. The van der Waals surface area contributed by atoms with Gasteiger partial charge in [-0.05, 0) is 53.5 Å². The van der Waals surface area contributed by atoms with Gasteiger partial charge >= 0.3 is 6.09 Å². The normalized spacial score (nSPS) is 16.8. The van der Waals surface area contributed by atoms with E-state index in [1.54, 1.807) is 4.90 Å². The minimum atomic E-state index is -0.509. The minimum Gasteiger partial charge on any atom is -0.459 e. The first kappa shape index (κ1) is 20.2. The molecule has 1 unspecified atom stereocenters. The molecule has 6 heteroatoms. The second-order valence-corrected chi connectivity index (χ2v) is 8.56. The Labute approximate surface area is 166 Å². The highest BCUT2D eigenvalue weighted by Gasteiger charge is 2.31. The number of hydrogen-bond acceptors (Lipinski definition) is 4. The summed E-state index contributed by atoms with van der Waals surface area (Å²) in [6, 6.07) is 7.68. The Morgan fingerprint density at radius 1 is 1.21 bits per heavy atom. The number of benzene rings is 1. The van der Waals surface area contributed by atoms with Gasteiger partial charge in [-0.1, -0.05) is 18.2 Å². The van der Waals surface area contributed by atoms with Crippen molar-refractivity contribution in [1.82, 2.24) is 10.2 Å². The van der Waals surface area contributed by atoms with E-state index in [1.807, 2.05) is 58.9 Å². The van der Waals surface area contributed by atoms with E-state index in [0.717, 1.165) is 22.3 Å². The third-order valence-corrected chi connectivity index (χ3v) is 5.15. The summed E-state index contributed by atoms with van der Waals surface area (Å²) in [5.41, 5.74) is 1.38. The number of furan rings is 1. The summed E-state index contributed by atoms with van der Waals surface area (Å²) < 4.78 is 11.4. The molecule has 1 fully saturated rings. The molecule has 1 atom stereocenters. The zero-order chi connectivity index (χ0) is 20.5. The highest BCUT2D eigenvalue weighted by atomic mass is 16.6. The number of amides is 2. The van der Waals surface area contributed by atoms with Crippen LogP contribution < -0.4 is 5.32 Å². The molecule has 6 nitrogen and oxygen atoms in total. The van der Waals surface area contributed by atoms with Crippen molar-refractivity contribution >= 4 is 23.0 Å². The SMILES string of the molecule is Cc1c(C(C)NC(=O)C2CCN(C(=O)OC(C)(C)C)CC2)oc2ccccc12. The van der Waals surface area contributed by atoms with Crippen LogP contribution in [0.2, 0.25) is 0 Å². The number of ether oxygens (including phenoxy) is 1. The van der Waals surface area contributed by atoms with Crippen LogP contribution in [0.25, 0.3) is 11.0 Å². The summed E-state index contributed by atoms with van der Waals surface area (Å²) in [5.74, 6) is 0.697. The molecular formula is C22H30N2O4. The van der Waals surface area contributed by atoms with E-state index in [2.05, 4.69) is 5.32 Å². The summed E-state index contributed by atoms with van der Waals surface area (Å²) in [7, 11) is 0. The summed E-state index contributed by atoms with van der Waals surface area (Å²) in [5, 5.41) is 4.16. The van der Waals surface area contributed by atoms with Gasteiger partial charge in [0, 0.05) is 30.0 Å². The molecule has 1 N–H and O–H groups in total. The molecule has 2 amide bonds. The Morgan fingerprint density at radius 3 is 2.46 bits per heavy atom. The quantitative estimate of drug-likeness (QED) is 0.839. The zero-order valence-electron chi connectivity index (χ0n) is 17.4. The van der Waals surface area contributed by atoms with E-state index in [-0.39, 0.29) is 24.0 Å². The second-order valence-electron chi connectivity index (χ2n) is 8.56. The van der Waals surface area contributed by atoms with Crippen molar-refractivity contribution in [1.29, 1.82) is 0 Å². The number of carbonyl (C=O) groups is 2. The van der Waals surface area contributed by atoms with Crippen molar-refractivity contribution in [2.75, 3.05) is 13.1 Å². The number of nitrogens with zero attached hydrogens (tertiary/aromatic N) is 1. The van der Waals surface area contributed by atoms with Crippen LogP contribution in [-0.2, 0) is 9.53 Å². The topological polar surface area (TPSA) is 71.8 Å². The maximum atomic E-state index is 12.7. The molecule has 1 aromatic carbocycles. The molecule has 2 aromatic rings. The molecule has 1 saturated heterocycles. The average molecular weight is 386 g/mol. The number of piperidine rings is 1. The lowest BCUT2D eigenvalue weighted by molar-refractivity contribution is -0.127. The van der Waals surface area contributed by atoms with Crippen LogP contribution in [0.3, 0.4) is 0 Å². The summed E-state index contributed by atoms with van der Waals surface area (Å²) >= 11 is 0. The van der Waals surface area contributed by atoms with E-state index in [1.165, 1.54) is 0 Å². The first-order valence-corrected chi connectivity index (χ1v) is 9.92. The van der Waals surface area contributed by atoms with Crippen LogP contribution in [0.4, 0.5) is 4.79 Å². The van der Waals surface area contributed by atoms with Crippen LogP contribution in [0, 0.1) is 12.8 Å². The van der Waals surface area contributed by atoms with Crippen molar-refractivity contribution in [3.8, 4) is 0 Å². The highest BCUT2D eigenvalue weighted by Crippen LogP contribution is 2.29. The number of hydrogen-bond donors (Lipinski definition) is 1. The fraction of sp³-hybridized carbons (Fsp3) is 0.545. The third-order valence-electron chi connectivity index (χ3n) is 5.15. The number of nitrogens with one attached hydrogen (secondary N) is 1. The van der Waals surface area contributed by atoms with Gasteiger partial charge in [0.15, 0.2) is 0 Å². The maximum Gasteiger partial charge on any atom is 0.410 e. The van der Waals surface area contributed by atoms with Gasteiger partial charge in [0.05, 0.1) is 6.04 Å². The van der Waals surface area contributed by atoms with E-state index < -0.39 is 5.60 Å². The molecule has 1 aliphatic rings. The van der Waals surface area contributed by atoms with E-state index in [4.69, 9.17) is 9.15 Å². The minimum absolute atomic E-state index is 0.0104. The van der Waals surface area contributed by atoms with Crippen molar-refractivity contribution < 1.29 is 18.7 Å². The standard InChI is InChI=1S/C22H30N2O4/c1-14-17-8-6-7-9-18(17)27-19(14)15(2)23-20(25)16-10-12-24(13-11-16)21(26)28-22(3,4)5/h6-9,15-16H,10-13H2,1-5H3,(H,23,25). The predicted octanol–water partition coefficient (Wildman–Crippen LogP) is 4.57. The van der Waals surface area contributed by atoms with Crippen molar-refractivity contribution in [2.45, 2.75) is 59.1 Å². The van der Waals surface area contributed by atoms with Gasteiger partial charge in [0.2, 0.25) is 5.91 Å². The monoisotopic (exact) mass is 386 g/mol. The molecule has 0 spiro atoms. The molecule has 1 aromatic heterocycles. The van der Waals surface area contributed by atoms with Gasteiger partial charge in [-0.2, -0.15) is 0 Å². The van der Waals surface area contributed by atoms with Crippen LogP contribution in [0.15, 0.2) is 28.7 Å². The van der Waals surface area contributed by atoms with Gasteiger partial charge in [0.1, 0.15) is 16.9 Å². The van der Waals surface area contributed by atoms with Crippen molar-refractivity contribution in [3.05, 3.63) is 35.6 Å². The average Bonchev–Trinajstić information content (AvgIpc) is 2.97. The van der Waals surface area contributed by atoms with Crippen LogP contribution >= 0.6 is 0 Å². The number of rotatable bonds is 3. The number of likely N-dealkylation sites (tertiary alicyclic amines) is 1. The molecule has 0 radical (unpaired) electrons. The first-order valence-electron chi connectivity index (χ1n) is 9.92. The number of para-hydroxylation sites is 1. The second kappa shape index (κ2) is 7.86. The lowest BCUT2D eigenvalue weighted by Gasteiger charge is -2.33. The van der Waals surface area contributed by atoms with Crippen LogP contribution in [0.5, 0.6) is 0 Å². The van der Waals surface area contributed by atoms with E-state index in [0.29, 0.717) is 25.9 Å². The van der Waals surface area contributed by atoms with Gasteiger partial charge in [-0.3, -0.25) is 4.79 Å². The van der Waals surface area contributed by atoms with Crippen LogP contribution in [0.1, 0.15) is 57.9 Å². The van der Waals surface area contributed by atoms with Crippen molar-refractivity contribution in [3.63, 3.8) is 0 Å². The molecule has 0 aliphatic carbocycles. The number of aryl methyl sites for hydroxylation is 1. The molecule has 1 aliphatic heterocycles. The fourth-order valence-electron chi connectivity index (χ4n) is 3.65. The largest absolute Gasteiger partial charge is 0.459 e. The summed E-state index contributed by atoms with van der Waals surface area (Å²) in [4.78, 5) is 26.6. The van der Waals surface area contributed by atoms with E-state index in [9.17, 15) is 9.59 Å².